The van der Waals surface area contributed by atoms with Crippen molar-refractivity contribution in [3.05, 3.63) is 77.0 Å². The molecule has 0 saturated carbocycles. The molecule has 1 aliphatic rings. The van der Waals surface area contributed by atoms with Crippen LogP contribution in [-0.2, 0) is 9.53 Å². The molecule has 0 saturated heterocycles. The first kappa shape index (κ1) is 18.2. The molecule has 27 heavy (non-hydrogen) atoms. The van der Waals surface area contributed by atoms with Gasteiger partial charge in [0, 0.05) is 5.70 Å². The largest absolute Gasteiger partial charge is 0.478 e. The molecule has 7 nitrogen and oxygen atoms in total. The molecule has 2 N–H and O–H groups in total. The smallest absolute Gasteiger partial charge is 0.337 e. The number of carboxylic acid groups (broad SMARTS) is 1. The van der Waals surface area contributed by atoms with Crippen molar-refractivity contribution in [2.24, 2.45) is 0 Å². The van der Waals surface area contributed by atoms with E-state index in [9.17, 15) is 14.4 Å². The van der Waals surface area contributed by atoms with Gasteiger partial charge in [0.25, 0.3) is 0 Å². The Hall–Kier alpha value is -3.61. The van der Waals surface area contributed by atoms with Gasteiger partial charge in [-0.25, -0.2) is 14.4 Å². The van der Waals surface area contributed by atoms with Gasteiger partial charge in [0.1, 0.15) is 0 Å². The standard InChI is InChI=1S/C20H18N2O5/c1-12-16(19(25)27-2)17(13-6-4-3-5-7-13)21-20(26)22(12)15-10-8-14(9-11-15)18(23)24/h3-11,17H,1-2H3,(H,21,26)(H,23,24)/t17-/m0/s1. The van der Waals surface area contributed by atoms with Crippen LogP contribution in [0.15, 0.2) is 65.9 Å². The van der Waals surface area contributed by atoms with E-state index in [0.717, 1.165) is 5.56 Å². The molecule has 0 unspecified atom stereocenters. The number of aromatic carboxylic acids is 1. The van der Waals surface area contributed by atoms with Crippen LogP contribution in [0.1, 0.15) is 28.9 Å². The third-order valence-electron chi connectivity index (χ3n) is 4.40. The second-order valence-corrected chi connectivity index (χ2v) is 5.97. The van der Waals surface area contributed by atoms with E-state index < -0.39 is 24.0 Å². The summed E-state index contributed by atoms with van der Waals surface area (Å²) in [5.74, 6) is -1.61. The van der Waals surface area contributed by atoms with Gasteiger partial charge in [-0.3, -0.25) is 4.90 Å². The lowest BCUT2D eigenvalue weighted by Crippen LogP contribution is -2.48. The third kappa shape index (κ3) is 3.39. The van der Waals surface area contributed by atoms with Crippen molar-refractivity contribution in [3.63, 3.8) is 0 Å². The first-order valence-corrected chi connectivity index (χ1v) is 8.22. The summed E-state index contributed by atoms with van der Waals surface area (Å²) < 4.78 is 4.93. The predicted molar refractivity (Wildman–Crippen MR) is 98.3 cm³/mol. The van der Waals surface area contributed by atoms with Crippen molar-refractivity contribution >= 4 is 23.7 Å². The van der Waals surface area contributed by atoms with E-state index in [1.807, 2.05) is 30.3 Å². The molecule has 2 amide bonds. The summed E-state index contributed by atoms with van der Waals surface area (Å²) in [5, 5.41) is 11.9. The Labute approximate surface area is 155 Å². The lowest BCUT2D eigenvalue weighted by molar-refractivity contribution is -0.136. The van der Waals surface area contributed by atoms with Crippen molar-refractivity contribution in [1.29, 1.82) is 0 Å². The van der Waals surface area contributed by atoms with Crippen LogP contribution in [-0.4, -0.2) is 30.2 Å². The Morgan fingerprint density at radius 1 is 1.07 bits per heavy atom. The first-order valence-electron chi connectivity index (χ1n) is 8.22. The number of hydrogen-bond acceptors (Lipinski definition) is 4. The number of amides is 2. The van der Waals surface area contributed by atoms with Gasteiger partial charge in [0.05, 0.1) is 30.0 Å². The normalized spacial score (nSPS) is 16.7. The van der Waals surface area contributed by atoms with Crippen molar-refractivity contribution in [2.75, 3.05) is 12.0 Å². The molecule has 0 aliphatic carbocycles. The molecule has 0 fully saturated rings. The van der Waals surface area contributed by atoms with E-state index in [4.69, 9.17) is 9.84 Å². The fourth-order valence-corrected chi connectivity index (χ4v) is 3.08. The summed E-state index contributed by atoms with van der Waals surface area (Å²) in [6.45, 7) is 1.66. The summed E-state index contributed by atoms with van der Waals surface area (Å²) in [4.78, 5) is 37.6. The molecule has 2 aromatic rings. The number of allylic oxidation sites excluding steroid dienone is 1. The van der Waals surface area contributed by atoms with Crippen molar-refractivity contribution < 1.29 is 24.2 Å². The molecular formula is C20H18N2O5. The number of ether oxygens (including phenoxy) is 1. The zero-order valence-electron chi connectivity index (χ0n) is 14.8. The van der Waals surface area contributed by atoms with Crippen LogP contribution in [0.25, 0.3) is 0 Å². The van der Waals surface area contributed by atoms with Gasteiger partial charge >= 0.3 is 18.0 Å². The number of benzene rings is 2. The monoisotopic (exact) mass is 366 g/mol. The quantitative estimate of drug-likeness (QED) is 0.811. The Balaban J connectivity index is 2.09. The Morgan fingerprint density at radius 2 is 1.70 bits per heavy atom. The number of urea groups is 1. The Morgan fingerprint density at radius 3 is 2.26 bits per heavy atom. The molecule has 0 bridgehead atoms. The highest BCUT2D eigenvalue weighted by Crippen LogP contribution is 2.34. The maximum atomic E-state index is 12.8. The molecule has 3 rings (SSSR count). The minimum atomic E-state index is -1.06. The van der Waals surface area contributed by atoms with Gasteiger partial charge in [0.2, 0.25) is 0 Å². The molecule has 0 spiro atoms. The number of anilines is 1. The second kappa shape index (κ2) is 7.33. The number of esters is 1. The zero-order valence-corrected chi connectivity index (χ0v) is 14.8. The van der Waals surface area contributed by atoms with Gasteiger partial charge in [-0.1, -0.05) is 30.3 Å². The van der Waals surface area contributed by atoms with Crippen molar-refractivity contribution in [2.45, 2.75) is 13.0 Å². The summed E-state index contributed by atoms with van der Waals surface area (Å²) in [5.41, 5.74) is 2.04. The topological polar surface area (TPSA) is 95.9 Å². The van der Waals surface area contributed by atoms with E-state index in [-0.39, 0.29) is 5.56 Å². The average molecular weight is 366 g/mol. The number of carboxylic acids is 1. The maximum Gasteiger partial charge on any atom is 0.337 e. The van der Waals surface area contributed by atoms with Gasteiger partial charge in [-0.05, 0) is 36.8 Å². The highest BCUT2D eigenvalue weighted by atomic mass is 16.5. The lowest BCUT2D eigenvalue weighted by Gasteiger charge is -2.35. The molecule has 0 aromatic heterocycles. The molecule has 1 heterocycles. The average Bonchev–Trinajstić information content (AvgIpc) is 2.68. The summed E-state index contributed by atoms with van der Waals surface area (Å²) in [6, 6.07) is 13.9. The Bertz CT molecular complexity index is 919. The van der Waals surface area contributed by atoms with E-state index in [1.165, 1.54) is 36.3 Å². The fraction of sp³-hybridized carbons (Fsp3) is 0.150. The number of carbonyl (C=O) groups excluding carboxylic acids is 2. The van der Waals surface area contributed by atoms with E-state index in [0.29, 0.717) is 17.0 Å². The van der Waals surface area contributed by atoms with Crippen LogP contribution in [0.4, 0.5) is 10.5 Å². The summed E-state index contributed by atoms with van der Waals surface area (Å²) in [6.07, 6.45) is 0. The zero-order chi connectivity index (χ0) is 19.6. The van der Waals surface area contributed by atoms with E-state index in [1.54, 1.807) is 6.92 Å². The lowest BCUT2D eigenvalue weighted by atomic mass is 9.94. The van der Waals surface area contributed by atoms with Gasteiger partial charge in [0.15, 0.2) is 0 Å². The van der Waals surface area contributed by atoms with Crippen LogP contribution in [0.2, 0.25) is 0 Å². The molecular weight excluding hydrogens is 348 g/mol. The van der Waals surface area contributed by atoms with Crippen LogP contribution in [0.3, 0.4) is 0 Å². The maximum absolute atomic E-state index is 12.8. The van der Waals surface area contributed by atoms with Gasteiger partial charge in [-0.15, -0.1) is 0 Å². The van der Waals surface area contributed by atoms with Crippen LogP contribution >= 0.6 is 0 Å². The van der Waals surface area contributed by atoms with Crippen molar-refractivity contribution in [3.8, 4) is 0 Å². The van der Waals surface area contributed by atoms with Crippen LogP contribution in [0, 0.1) is 0 Å². The molecule has 2 aromatic carbocycles. The minimum absolute atomic E-state index is 0.105. The van der Waals surface area contributed by atoms with Gasteiger partial charge in [-0.2, -0.15) is 0 Å². The molecule has 138 valence electrons. The molecule has 1 atom stereocenters. The third-order valence-corrected chi connectivity index (χ3v) is 4.40. The van der Waals surface area contributed by atoms with Gasteiger partial charge < -0.3 is 15.2 Å². The highest BCUT2D eigenvalue weighted by molar-refractivity contribution is 6.03. The number of rotatable bonds is 4. The Kier molecular flexibility index (Phi) is 4.94. The number of carbonyl (C=O) groups is 3. The highest BCUT2D eigenvalue weighted by Gasteiger charge is 2.36. The van der Waals surface area contributed by atoms with Crippen LogP contribution in [0.5, 0.6) is 0 Å². The summed E-state index contributed by atoms with van der Waals surface area (Å²) >= 11 is 0. The van der Waals surface area contributed by atoms with E-state index in [2.05, 4.69) is 5.32 Å². The molecule has 7 heteroatoms. The second-order valence-electron chi connectivity index (χ2n) is 5.97. The summed E-state index contributed by atoms with van der Waals surface area (Å²) in [7, 11) is 1.28. The van der Waals surface area contributed by atoms with Crippen LogP contribution < -0.4 is 10.2 Å². The number of hydrogen-bond donors (Lipinski definition) is 2. The molecule has 1 aliphatic heterocycles. The van der Waals surface area contributed by atoms with Crippen molar-refractivity contribution in [1.82, 2.24) is 5.32 Å². The number of nitrogens with zero attached hydrogens (tertiary/aromatic N) is 1. The predicted octanol–water partition coefficient (Wildman–Crippen LogP) is 3.10. The minimum Gasteiger partial charge on any atom is -0.478 e. The number of nitrogens with one attached hydrogen (secondary N) is 1. The SMILES string of the molecule is COC(=O)C1=C(C)N(c2ccc(C(=O)O)cc2)C(=O)N[C@H]1c1ccccc1. The number of methoxy groups -OCH3 is 1. The fourth-order valence-electron chi connectivity index (χ4n) is 3.08. The molecule has 0 radical (unpaired) electrons. The van der Waals surface area contributed by atoms with E-state index >= 15 is 0 Å². The first-order chi connectivity index (χ1) is 12.9.